The van der Waals surface area contributed by atoms with Crippen LogP contribution in [0, 0.1) is 0 Å². The Hall–Kier alpha value is -2.40. The second kappa shape index (κ2) is 9.92. The van der Waals surface area contributed by atoms with Crippen LogP contribution in [0.5, 0.6) is 0 Å². The zero-order valence-corrected chi connectivity index (χ0v) is 15.1. The number of hydrogen-bond acceptors (Lipinski definition) is 4. The van der Waals surface area contributed by atoms with Crippen LogP contribution in [0.2, 0.25) is 0 Å². The fraction of sp³-hybridized carbons (Fsp3) is 0.273. The van der Waals surface area contributed by atoms with Gasteiger partial charge in [-0.1, -0.05) is 48.6 Å². The third-order valence-electron chi connectivity index (χ3n) is 4.15. The molecular formula is C22H26O4. The molecule has 1 atom stereocenters. The van der Waals surface area contributed by atoms with E-state index in [0.29, 0.717) is 29.9 Å². The number of rotatable bonds is 9. The van der Waals surface area contributed by atoms with E-state index in [-0.39, 0.29) is 13.2 Å². The van der Waals surface area contributed by atoms with Crippen LogP contribution < -0.4 is 0 Å². The predicted octanol–water partition coefficient (Wildman–Crippen LogP) is 3.95. The van der Waals surface area contributed by atoms with E-state index in [1.54, 1.807) is 12.1 Å². The summed E-state index contributed by atoms with van der Waals surface area (Å²) in [5.41, 5.74) is 3.48. The summed E-state index contributed by atoms with van der Waals surface area (Å²) in [6.45, 7) is 5.42. The Morgan fingerprint density at radius 2 is 1.88 bits per heavy atom. The van der Waals surface area contributed by atoms with Gasteiger partial charge >= 0.3 is 0 Å². The van der Waals surface area contributed by atoms with Crippen LogP contribution >= 0.6 is 0 Å². The van der Waals surface area contributed by atoms with Crippen LogP contribution in [0.1, 0.15) is 36.8 Å². The zero-order valence-electron chi connectivity index (χ0n) is 15.1. The molecule has 1 heterocycles. The van der Waals surface area contributed by atoms with Crippen molar-refractivity contribution in [1.82, 2.24) is 0 Å². The van der Waals surface area contributed by atoms with E-state index in [2.05, 4.69) is 6.58 Å². The molecule has 0 saturated heterocycles. The molecular weight excluding hydrogens is 328 g/mol. The summed E-state index contributed by atoms with van der Waals surface area (Å²) in [5.74, 6) is 1.17. The van der Waals surface area contributed by atoms with E-state index in [1.807, 2.05) is 49.4 Å². The number of furan rings is 1. The molecule has 0 aliphatic rings. The number of aliphatic hydroxyl groups excluding tert-OH is 3. The van der Waals surface area contributed by atoms with E-state index >= 15 is 0 Å². The van der Waals surface area contributed by atoms with Gasteiger partial charge in [0, 0.05) is 0 Å². The molecule has 1 aromatic carbocycles. The lowest BCUT2D eigenvalue weighted by Gasteiger charge is -2.16. The first-order chi connectivity index (χ1) is 12.5. The van der Waals surface area contributed by atoms with E-state index in [9.17, 15) is 5.11 Å². The van der Waals surface area contributed by atoms with Crippen molar-refractivity contribution in [3.8, 4) is 0 Å². The van der Waals surface area contributed by atoms with Gasteiger partial charge in [-0.3, -0.25) is 0 Å². The van der Waals surface area contributed by atoms with Gasteiger partial charge in [0.05, 0.1) is 12.7 Å². The van der Waals surface area contributed by atoms with Crippen molar-refractivity contribution in [1.29, 1.82) is 0 Å². The minimum Gasteiger partial charge on any atom is -0.459 e. The topological polar surface area (TPSA) is 73.8 Å². The van der Waals surface area contributed by atoms with E-state index in [1.165, 1.54) is 0 Å². The normalized spacial score (nSPS) is 13.7. The smallest absolute Gasteiger partial charge is 0.130 e. The van der Waals surface area contributed by atoms with Crippen LogP contribution in [0.4, 0.5) is 0 Å². The van der Waals surface area contributed by atoms with Crippen molar-refractivity contribution in [3.05, 3.63) is 83.3 Å². The van der Waals surface area contributed by atoms with Gasteiger partial charge in [-0.05, 0) is 54.7 Å². The molecule has 0 fully saturated rings. The monoisotopic (exact) mass is 354 g/mol. The Balaban J connectivity index is 2.22. The lowest BCUT2D eigenvalue weighted by molar-refractivity contribution is 0.203. The van der Waals surface area contributed by atoms with Gasteiger partial charge in [-0.2, -0.15) is 0 Å². The molecule has 0 spiro atoms. The number of aliphatic hydroxyl groups is 3. The molecule has 138 valence electrons. The van der Waals surface area contributed by atoms with Crippen LogP contribution in [-0.4, -0.2) is 28.0 Å². The van der Waals surface area contributed by atoms with Crippen LogP contribution in [0.25, 0.3) is 11.6 Å². The highest BCUT2D eigenvalue weighted by Gasteiger charge is 2.13. The lowest BCUT2D eigenvalue weighted by atomic mass is 9.94. The number of hydrogen-bond donors (Lipinski definition) is 3. The van der Waals surface area contributed by atoms with Crippen molar-refractivity contribution in [2.75, 3.05) is 6.61 Å². The minimum absolute atomic E-state index is 0.128. The van der Waals surface area contributed by atoms with Gasteiger partial charge in [0.25, 0.3) is 0 Å². The maximum absolute atomic E-state index is 10.5. The first-order valence-electron chi connectivity index (χ1n) is 8.65. The molecule has 2 rings (SSSR count). The molecule has 0 bridgehead atoms. The molecule has 0 aliphatic carbocycles. The lowest BCUT2D eigenvalue weighted by Crippen LogP contribution is -2.12. The molecule has 4 heteroatoms. The second-order valence-corrected chi connectivity index (χ2v) is 6.17. The van der Waals surface area contributed by atoms with Gasteiger partial charge < -0.3 is 19.7 Å². The van der Waals surface area contributed by atoms with Crippen LogP contribution in [0.3, 0.4) is 0 Å². The maximum Gasteiger partial charge on any atom is 0.130 e. The average molecular weight is 354 g/mol. The highest BCUT2D eigenvalue weighted by atomic mass is 16.4. The van der Waals surface area contributed by atoms with Gasteiger partial charge in [0.2, 0.25) is 0 Å². The van der Waals surface area contributed by atoms with Crippen molar-refractivity contribution in [2.24, 2.45) is 0 Å². The Morgan fingerprint density at radius 1 is 1.15 bits per heavy atom. The molecule has 0 amide bonds. The molecule has 0 saturated carbocycles. The SMILES string of the molecule is C=C(C)/C(=C/CO)C(O)CC/C(=C/c1ccc(CO)o1)c1ccccc1. The van der Waals surface area contributed by atoms with Gasteiger partial charge in [-0.25, -0.2) is 0 Å². The standard InChI is InChI=1S/C22H26O4/c1-16(2)21(12-13-23)22(25)11-8-18(17-6-4-3-5-7-17)14-19-9-10-20(15-24)26-19/h3-7,9-10,12,14,22-25H,1,8,11,13,15H2,2H3/b18-14-,21-12-. The molecule has 0 aliphatic heterocycles. The van der Waals surface area contributed by atoms with E-state index < -0.39 is 6.10 Å². The molecule has 0 radical (unpaired) electrons. The Kier molecular flexibility index (Phi) is 7.60. The van der Waals surface area contributed by atoms with Gasteiger partial charge in [-0.15, -0.1) is 0 Å². The highest BCUT2D eigenvalue weighted by Crippen LogP contribution is 2.27. The minimum atomic E-state index is -0.698. The molecule has 26 heavy (non-hydrogen) atoms. The summed E-state index contributed by atoms with van der Waals surface area (Å²) in [6, 6.07) is 13.5. The predicted molar refractivity (Wildman–Crippen MR) is 104 cm³/mol. The maximum atomic E-state index is 10.5. The van der Waals surface area contributed by atoms with E-state index in [0.717, 1.165) is 16.7 Å². The summed E-state index contributed by atoms with van der Waals surface area (Å²) in [4.78, 5) is 0. The molecule has 1 aromatic heterocycles. The molecule has 2 aromatic rings. The largest absolute Gasteiger partial charge is 0.459 e. The second-order valence-electron chi connectivity index (χ2n) is 6.17. The third-order valence-corrected chi connectivity index (χ3v) is 4.15. The summed E-state index contributed by atoms with van der Waals surface area (Å²) >= 11 is 0. The average Bonchev–Trinajstić information content (AvgIpc) is 3.11. The Morgan fingerprint density at radius 3 is 2.46 bits per heavy atom. The highest BCUT2D eigenvalue weighted by molar-refractivity contribution is 5.80. The summed E-state index contributed by atoms with van der Waals surface area (Å²) < 4.78 is 5.57. The van der Waals surface area contributed by atoms with Crippen molar-refractivity contribution in [3.63, 3.8) is 0 Å². The molecule has 3 N–H and O–H groups in total. The summed E-state index contributed by atoms with van der Waals surface area (Å²) in [6.07, 6.45) is 3.94. The third kappa shape index (κ3) is 5.56. The first-order valence-corrected chi connectivity index (χ1v) is 8.65. The van der Waals surface area contributed by atoms with Crippen LogP contribution in [0.15, 0.2) is 70.7 Å². The number of allylic oxidation sites excluding steroid dienone is 1. The Labute approximate surface area is 154 Å². The quantitative estimate of drug-likeness (QED) is 0.596. The van der Waals surface area contributed by atoms with Gasteiger partial charge in [0.15, 0.2) is 0 Å². The summed E-state index contributed by atoms with van der Waals surface area (Å²) in [5, 5.41) is 28.8. The van der Waals surface area contributed by atoms with Crippen molar-refractivity contribution < 1.29 is 19.7 Å². The van der Waals surface area contributed by atoms with Crippen LogP contribution in [-0.2, 0) is 6.61 Å². The van der Waals surface area contributed by atoms with E-state index in [4.69, 9.17) is 14.6 Å². The summed E-state index contributed by atoms with van der Waals surface area (Å²) in [7, 11) is 0. The molecule has 4 nitrogen and oxygen atoms in total. The Bertz CT molecular complexity index is 768. The first kappa shape index (κ1) is 19.9. The zero-order chi connectivity index (χ0) is 18.9. The molecule has 1 unspecified atom stereocenters. The number of benzene rings is 1. The fourth-order valence-corrected chi connectivity index (χ4v) is 2.82. The van der Waals surface area contributed by atoms with Gasteiger partial charge in [0.1, 0.15) is 18.1 Å². The van der Waals surface area contributed by atoms with Crippen molar-refractivity contribution in [2.45, 2.75) is 32.5 Å². The fourth-order valence-electron chi connectivity index (χ4n) is 2.82. The van der Waals surface area contributed by atoms with Crippen molar-refractivity contribution >= 4 is 11.6 Å².